The van der Waals surface area contributed by atoms with Crippen molar-refractivity contribution in [1.82, 2.24) is 14.8 Å². The molecule has 5 nitrogen and oxygen atoms in total. The molecule has 8 heteroatoms. The van der Waals surface area contributed by atoms with Gasteiger partial charge in [0.2, 0.25) is 0 Å². The molecule has 0 saturated heterocycles. The topological polar surface area (TPSA) is 51.0 Å². The van der Waals surface area contributed by atoms with Gasteiger partial charge >= 0.3 is 6.18 Å². The molecule has 1 fully saturated rings. The van der Waals surface area contributed by atoms with Gasteiger partial charge in [-0.3, -0.25) is 4.79 Å². The molecule has 1 aliphatic carbocycles. The second-order valence-electron chi connectivity index (χ2n) is 8.82. The summed E-state index contributed by atoms with van der Waals surface area (Å²) in [5.74, 6) is 2.35. The number of aryl methyl sites for hydroxylation is 2. The van der Waals surface area contributed by atoms with Crippen molar-refractivity contribution in [2.24, 2.45) is 13.0 Å². The zero-order valence-corrected chi connectivity index (χ0v) is 18.9. The Balaban J connectivity index is 0.000000196. The highest BCUT2D eigenvalue weighted by Gasteiger charge is 2.40. The van der Waals surface area contributed by atoms with Crippen molar-refractivity contribution < 1.29 is 18.0 Å². The van der Waals surface area contributed by atoms with Crippen LogP contribution in [0.5, 0.6) is 0 Å². The maximum atomic E-state index is 13.3. The van der Waals surface area contributed by atoms with Gasteiger partial charge in [0.1, 0.15) is 12.2 Å². The number of nitrogens with zero attached hydrogens (tertiary/aromatic N) is 4. The van der Waals surface area contributed by atoms with Gasteiger partial charge in [0.05, 0.1) is 12.1 Å². The monoisotopic (exact) mass is 456 g/mol. The van der Waals surface area contributed by atoms with E-state index in [-0.39, 0.29) is 23.6 Å². The van der Waals surface area contributed by atoms with Crippen molar-refractivity contribution in [3.63, 3.8) is 0 Å². The standard InChI is InChI=1S/C17H14F3NO.C8H13N3/c1-2-11-8-13-14(15(9-11)17(18,19)20)10-21(16(13)22)12-6-4-3-5-7-12;1-6-3-7(4-6)8-10-9-5-11(8)2/h3-9H,2,10H2,1H3;5-7H,3-4H2,1-2H3. The summed E-state index contributed by atoms with van der Waals surface area (Å²) in [5.41, 5.74) is 0.659. The van der Waals surface area contributed by atoms with E-state index < -0.39 is 11.7 Å². The summed E-state index contributed by atoms with van der Waals surface area (Å²) in [5, 5.41) is 7.95. The number of alkyl halides is 3. The van der Waals surface area contributed by atoms with Gasteiger partial charge in [0.15, 0.2) is 0 Å². The third-order valence-corrected chi connectivity index (χ3v) is 6.37. The van der Waals surface area contributed by atoms with Crippen molar-refractivity contribution >= 4 is 11.6 Å². The average molecular weight is 457 g/mol. The fourth-order valence-corrected chi connectivity index (χ4v) is 4.52. The van der Waals surface area contributed by atoms with Crippen LogP contribution in [0.25, 0.3) is 0 Å². The van der Waals surface area contributed by atoms with Crippen LogP contribution >= 0.6 is 0 Å². The van der Waals surface area contributed by atoms with Gasteiger partial charge in [-0.05, 0) is 60.6 Å². The number of fused-ring (bicyclic) bond motifs is 1. The third kappa shape index (κ3) is 4.65. The van der Waals surface area contributed by atoms with Gasteiger partial charge in [0, 0.05) is 24.2 Å². The summed E-state index contributed by atoms with van der Waals surface area (Å²) in [6, 6.07) is 11.5. The minimum atomic E-state index is -4.46. The zero-order valence-electron chi connectivity index (χ0n) is 18.9. The van der Waals surface area contributed by atoms with Crippen LogP contribution in [0.1, 0.15) is 65.5 Å². The van der Waals surface area contributed by atoms with E-state index in [9.17, 15) is 18.0 Å². The summed E-state index contributed by atoms with van der Waals surface area (Å²) < 4.78 is 41.9. The number of para-hydroxylation sites is 1. The van der Waals surface area contributed by atoms with Crippen molar-refractivity contribution in [1.29, 1.82) is 0 Å². The lowest BCUT2D eigenvalue weighted by atomic mass is 9.76. The van der Waals surface area contributed by atoms with Crippen LogP contribution in [0.2, 0.25) is 0 Å². The smallest absolute Gasteiger partial charge is 0.320 e. The van der Waals surface area contributed by atoms with Gasteiger partial charge in [-0.2, -0.15) is 13.2 Å². The molecule has 0 unspecified atom stereocenters. The molecule has 2 heterocycles. The Morgan fingerprint density at radius 3 is 2.36 bits per heavy atom. The predicted molar refractivity (Wildman–Crippen MR) is 120 cm³/mol. The molecule has 3 aromatic rings. The number of halogens is 3. The Bertz CT molecular complexity index is 1130. The molecule has 2 aliphatic rings. The number of hydrogen-bond donors (Lipinski definition) is 0. The molecule has 0 bridgehead atoms. The molecule has 174 valence electrons. The zero-order chi connectivity index (χ0) is 23.8. The number of anilines is 1. The number of amides is 1. The lowest BCUT2D eigenvalue weighted by Gasteiger charge is -2.31. The van der Waals surface area contributed by atoms with Crippen LogP contribution in [0.4, 0.5) is 18.9 Å². The van der Waals surface area contributed by atoms with Crippen LogP contribution in [-0.4, -0.2) is 20.7 Å². The van der Waals surface area contributed by atoms with Crippen LogP contribution in [-0.2, 0) is 26.2 Å². The molecule has 1 saturated carbocycles. The Morgan fingerprint density at radius 2 is 1.82 bits per heavy atom. The summed E-state index contributed by atoms with van der Waals surface area (Å²) in [6.45, 7) is 4.01. The van der Waals surface area contributed by atoms with Crippen LogP contribution < -0.4 is 4.90 Å². The Kier molecular flexibility index (Phi) is 6.28. The molecule has 0 spiro atoms. The lowest BCUT2D eigenvalue weighted by Crippen LogP contribution is -2.22. The number of benzene rings is 2. The number of carbonyl (C=O) groups excluding carboxylic acids is 1. The number of carbonyl (C=O) groups is 1. The highest BCUT2D eigenvalue weighted by molar-refractivity contribution is 6.10. The Morgan fingerprint density at radius 1 is 1.12 bits per heavy atom. The first kappa shape index (κ1) is 23.0. The number of rotatable bonds is 3. The van der Waals surface area contributed by atoms with Crippen LogP contribution in [0, 0.1) is 5.92 Å². The first-order valence-electron chi connectivity index (χ1n) is 11.1. The molecular formula is C25H27F3N4O. The first-order chi connectivity index (χ1) is 15.7. The summed E-state index contributed by atoms with van der Waals surface area (Å²) in [4.78, 5) is 13.9. The fraction of sp³-hybridized carbons (Fsp3) is 0.400. The molecule has 5 rings (SSSR count). The van der Waals surface area contributed by atoms with Gasteiger partial charge in [-0.1, -0.05) is 32.0 Å². The van der Waals surface area contributed by atoms with E-state index in [1.807, 2.05) is 11.6 Å². The van der Waals surface area contributed by atoms with E-state index in [1.165, 1.54) is 17.7 Å². The number of hydrogen-bond acceptors (Lipinski definition) is 3. The summed E-state index contributed by atoms with van der Waals surface area (Å²) >= 11 is 0. The summed E-state index contributed by atoms with van der Waals surface area (Å²) in [6.07, 6.45) is 0.342. The molecule has 0 atom stereocenters. The van der Waals surface area contributed by atoms with Crippen molar-refractivity contribution in [2.75, 3.05) is 4.90 Å². The van der Waals surface area contributed by atoms with Crippen molar-refractivity contribution in [3.05, 3.63) is 76.9 Å². The SMILES string of the molecule is CC1CC(c2nncn2C)C1.CCc1cc2c(c(C(F)(F)F)c1)CN(c1ccccc1)C2=O. The van der Waals surface area contributed by atoms with Crippen molar-refractivity contribution in [3.8, 4) is 0 Å². The van der Waals surface area contributed by atoms with E-state index in [2.05, 4.69) is 17.1 Å². The van der Waals surface area contributed by atoms with Gasteiger partial charge in [0.25, 0.3) is 5.91 Å². The molecule has 2 aromatic carbocycles. The van der Waals surface area contributed by atoms with Gasteiger partial charge in [-0.15, -0.1) is 10.2 Å². The van der Waals surface area contributed by atoms with E-state index in [0.29, 0.717) is 23.6 Å². The van der Waals surface area contributed by atoms with Crippen LogP contribution in [0.3, 0.4) is 0 Å². The minimum absolute atomic E-state index is 0.0446. The lowest BCUT2D eigenvalue weighted by molar-refractivity contribution is -0.138. The van der Waals surface area contributed by atoms with Crippen LogP contribution in [0.15, 0.2) is 48.8 Å². The molecule has 0 N–H and O–H groups in total. The fourth-order valence-electron chi connectivity index (χ4n) is 4.52. The molecule has 0 radical (unpaired) electrons. The Labute approximate surface area is 191 Å². The molecule has 1 amide bonds. The van der Waals surface area contributed by atoms with E-state index in [0.717, 1.165) is 17.8 Å². The second-order valence-corrected chi connectivity index (χ2v) is 8.82. The largest absolute Gasteiger partial charge is 0.416 e. The van der Waals surface area contributed by atoms with Gasteiger partial charge < -0.3 is 9.47 Å². The molecule has 33 heavy (non-hydrogen) atoms. The quantitative estimate of drug-likeness (QED) is 0.504. The second kappa shape index (κ2) is 9.00. The third-order valence-electron chi connectivity index (χ3n) is 6.37. The number of aromatic nitrogens is 3. The Hall–Kier alpha value is -3.16. The van der Waals surface area contributed by atoms with Gasteiger partial charge in [-0.25, -0.2) is 0 Å². The van der Waals surface area contributed by atoms with E-state index >= 15 is 0 Å². The molecule has 1 aliphatic heterocycles. The maximum absolute atomic E-state index is 13.3. The average Bonchev–Trinajstić information content (AvgIpc) is 3.34. The van der Waals surface area contributed by atoms with E-state index in [1.54, 1.807) is 49.6 Å². The maximum Gasteiger partial charge on any atom is 0.416 e. The normalized spacial score (nSPS) is 19.6. The van der Waals surface area contributed by atoms with E-state index in [4.69, 9.17) is 0 Å². The predicted octanol–water partition coefficient (Wildman–Crippen LogP) is 5.76. The molecule has 1 aromatic heterocycles. The highest BCUT2D eigenvalue weighted by Crippen LogP contribution is 2.40. The summed E-state index contributed by atoms with van der Waals surface area (Å²) in [7, 11) is 2.01. The highest BCUT2D eigenvalue weighted by atomic mass is 19.4. The van der Waals surface area contributed by atoms with Crippen molar-refractivity contribution in [2.45, 2.75) is 51.7 Å². The first-order valence-corrected chi connectivity index (χ1v) is 11.1. The molecular weight excluding hydrogens is 429 g/mol. The minimum Gasteiger partial charge on any atom is -0.320 e.